The van der Waals surface area contributed by atoms with Gasteiger partial charge in [-0.25, -0.2) is 8.42 Å². The Morgan fingerprint density at radius 3 is 2.52 bits per heavy atom. The number of rotatable bonds is 6. The molecule has 8 nitrogen and oxygen atoms in total. The second-order valence-electron chi connectivity index (χ2n) is 7.69. The molecule has 3 rings (SSSR count). The first-order valence-electron chi connectivity index (χ1n) is 9.89. The first-order valence-corrected chi connectivity index (χ1v) is 11.3. The van der Waals surface area contributed by atoms with Gasteiger partial charge in [-0.15, -0.1) is 0 Å². The van der Waals surface area contributed by atoms with Crippen molar-refractivity contribution in [3.8, 4) is 5.75 Å². The second-order valence-corrected chi connectivity index (χ2v) is 9.60. The zero-order chi connectivity index (χ0) is 20.9. The van der Waals surface area contributed by atoms with Crippen molar-refractivity contribution in [1.82, 2.24) is 9.21 Å². The second kappa shape index (κ2) is 9.42. The van der Waals surface area contributed by atoms with E-state index in [1.165, 1.54) is 4.31 Å². The molecule has 2 heterocycles. The average Bonchev–Trinajstić information content (AvgIpc) is 2.73. The summed E-state index contributed by atoms with van der Waals surface area (Å²) in [6.07, 6.45) is 1.74. The van der Waals surface area contributed by atoms with Crippen molar-refractivity contribution < 1.29 is 27.4 Å². The highest BCUT2D eigenvalue weighted by molar-refractivity contribution is 7.89. The topological polar surface area (TPSA) is 85.4 Å². The fraction of sp³-hybridized carbons (Fsp3) is 0.650. The predicted octanol–water partition coefficient (Wildman–Crippen LogP) is 1.36. The van der Waals surface area contributed by atoms with E-state index in [0.29, 0.717) is 64.5 Å². The molecule has 0 atom stereocenters. The summed E-state index contributed by atoms with van der Waals surface area (Å²) in [7, 11) is -0.557. The van der Waals surface area contributed by atoms with Crippen LogP contribution in [0.25, 0.3) is 0 Å². The van der Waals surface area contributed by atoms with Crippen molar-refractivity contribution in [2.45, 2.75) is 24.2 Å². The minimum absolute atomic E-state index is 0.0719. The Labute approximate surface area is 172 Å². The number of hydrogen-bond donors (Lipinski definition) is 0. The van der Waals surface area contributed by atoms with Crippen LogP contribution in [-0.2, 0) is 24.3 Å². The van der Waals surface area contributed by atoms with Gasteiger partial charge in [0.25, 0.3) is 0 Å². The SMILES string of the molecule is COCCC(=O)N1CCC2(CC1)COc1ccccc1S(=O)(=O)N(CCOC)C2. The summed E-state index contributed by atoms with van der Waals surface area (Å²) in [5.74, 6) is 0.454. The van der Waals surface area contributed by atoms with E-state index < -0.39 is 10.0 Å². The molecule has 162 valence electrons. The minimum atomic E-state index is -3.70. The van der Waals surface area contributed by atoms with Gasteiger partial charge in [0.15, 0.2) is 0 Å². The molecular weight excluding hydrogens is 396 g/mol. The number of benzene rings is 1. The normalized spacial score (nSPS) is 21.1. The molecule has 0 radical (unpaired) electrons. The van der Waals surface area contributed by atoms with Gasteiger partial charge in [0.1, 0.15) is 10.6 Å². The lowest BCUT2D eigenvalue weighted by atomic mass is 9.78. The Kier molecular flexibility index (Phi) is 7.15. The Balaban J connectivity index is 1.82. The molecule has 9 heteroatoms. The molecule has 2 aliphatic heterocycles. The number of para-hydroxylation sites is 1. The van der Waals surface area contributed by atoms with Crippen LogP contribution in [0.15, 0.2) is 29.2 Å². The van der Waals surface area contributed by atoms with Crippen LogP contribution in [0.1, 0.15) is 19.3 Å². The number of carbonyl (C=O) groups is 1. The van der Waals surface area contributed by atoms with E-state index in [-0.39, 0.29) is 22.8 Å². The van der Waals surface area contributed by atoms with Crippen LogP contribution in [0.5, 0.6) is 5.75 Å². The first kappa shape index (κ1) is 22.0. The lowest BCUT2D eigenvalue weighted by molar-refractivity contribution is -0.135. The number of ether oxygens (including phenoxy) is 3. The Hall–Kier alpha value is -1.68. The molecule has 1 saturated heterocycles. The van der Waals surface area contributed by atoms with Gasteiger partial charge in [-0.05, 0) is 25.0 Å². The number of amides is 1. The van der Waals surface area contributed by atoms with E-state index in [1.807, 2.05) is 4.90 Å². The van der Waals surface area contributed by atoms with Crippen molar-refractivity contribution in [3.05, 3.63) is 24.3 Å². The number of sulfonamides is 1. The van der Waals surface area contributed by atoms with E-state index in [2.05, 4.69) is 0 Å². The fourth-order valence-electron chi connectivity index (χ4n) is 3.93. The van der Waals surface area contributed by atoms with E-state index >= 15 is 0 Å². The molecule has 0 N–H and O–H groups in total. The van der Waals surface area contributed by atoms with E-state index in [0.717, 1.165) is 0 Å². The fourth-order valence-corrected chi connectivity index (χ4v) is 5.60. The third-order valence-corrected chi connectivity index (χ3v) is 7.64. The maximum Gasteiger partial charge on any atom is 0.246 e. The number of carbonyl (C=O) groups excluding carboxylic acids is 1. The van der Waals surface area contributed by atoms with Crippen molar-refractivity contribution in [2.75, 3.05) is 60.2 Å². The van der Waals surface area contributed by atoms with Crippen LogP contribution in [0, 0.1) is 5.41 Å². The molecule has 1 aromatic rings. The Morgan fingerprint density at radius 1 is 1.14 bits per heavy atom. The third-order valence-electron chi connectivity index (χ3n) is 5.75. The van der Waals surface area contributed by atoms with Crippen molar-refractivity contribution in [3.63, 3.8) is 0 Å². The van der Waals surface area contributed by atoms with Crippen molar-refractivity contribution in [1.29, 1.82) is 0 Å². The Morgan fingerprint density at radius 2 is 1.83 bits per heavy atom. The van der Waals surface area contributed by atoms with E-state index in [4.69, 9.17) is 14.2 Å². The number of methoxy groups -OCH3 is 2. The van der Waals surface area contributed by atoms with Gasteiger partial charge >= 0.3 is 0 Å². The van der Waals surface area contributed by atoms with Gasteiger partial charge in [0.05, 0.1) is 26.2 Å². The molecule has 0 unspecified atom stereocenters. The van der Waals surface area contributed by atoms with Crippen LogP contribution < -0.4 is 4.74 Å². The minimum Gasteiger partial charge on any atom is -0.492 e. The summed E-state index contributed by atoms with van der Waals surface area (Å²) >= 11 is 0. The molecule has 29 heavy (non-hydrogen) atoms. The molecule has 0 bridgehead atoms. The molecule has 0 aliphatic carbocycles. The zero-order valence-corrected chi connectivity index (χ0v) is 17.9. The standard InChI is InChI=1S/C20H30N2O6S/c1-26-13-7-19(23)21-10-8-20(9-11-21)15-22(12-14-27-2)29(24,25)18-6-4-3-5-17(18)28-16-20/h3-6H,7-16H2,1-2H3. The monoisotopic (exact) mass is 426 g/mol. The highest BCUT2D eigenvalue weighted by Gasteiger charge is 2.43. The van der Waals surface area contributed by atoms with Gasteiger partial charge in [-0.2, -0.15) is 4.31 Å². The highest BCUT2D eigenvalue weighted by atomic mass is 32.2. The van der Waals surface area contributed by atoms with E-state index in [1.54, 1.807) is 38.5 Å². The van der Waals surface area contributed by atoms with Gasteiger partial charge in [0.2, 0.25) is 15.9 Å². The molecule has 2 aliphatic rings. The summed E-state index contributed by atoms with van der Waals surface area (Å²) in [6.45, 7) is 2.96. The summed E-state index contributed by atoms with van der Waals surface area (Å²) < 4.78 is 44.3. The van der Waals surface area contributed by atoms with Crippen LogP contribution in [0.4, 0.5) is 0 Å². The molecule has 1 fully saturated rings. The van der Waals surface area contributed by atoms with Gasteiger partial charge < -0.3 is 19.1 Å². The number of nitrogens with zero attached hydrogens (tertiary/aromatic N) is 2. The Bertz CT molecular complexity index is 805. The summed E-state index contributed by atoms with van der Waals surface area (Å²) in [4.78, 5) is 14.3. The highest BCUT2D eigenvalue weighted by Crippen LogP contribution is 2.39. The number of hydrogen-bond acceptors (Lipinski definition) is 6. The maximum absolute atomic E-state index is 13.3. The molecule has 1 amide bonds. The third kappa shape index (κ3) is 4.91. The van der Waals surface area contributed by atoms with Gasteiger partial charge in [-0.3, -0.25) is 4.79 Å². The lowest BCUT2D eigenvalue weighted by Crippen LogP contribution is -2.53. The maximum atomic E-state index is 13.3. The smallest absolute Gasteiger partial charge is 0.246 e. The largest absolute Gasteiger partial charge is 0.492 e. The summed E-state index contributed by atoms with van der Waals surface area (Å²) in [5.41, 5.74) is -0.341. The van der Waals surface area contributed by atoms with Crippen molar-refractivity contribution in [2.24, 2.45) is 5.41 Å². The number of piperidine rings is 1. The van der Waals surface area contributed by atoms with Crippen LogP contribution in [0.2, 0.25) is 0 Å². The number of likely N-dealkylation sites (tertiary alicyclic amines) is 1. The molecule has 0 aromatic heterocycles. The summed E-state index contributed by atoms with van der Waals surface area (Å²) in [5, 5.41) is 0. The predicted molar refractivity (Wildman–Crippen MR) is 107 cm³/mol. The lowest BCUT2D eigenvalue weighted by Gasteiger charge is -2.45. The van der Waals surface area contributed by atoms with Gasteiger partial charge in [-0.1, -0.05) is 12.1 Å². The average molecular weight is 427 g/mol. The van der Waals surface area contributed by atoms with Crippen LogP contribution in [0.3, 0.4) is 0 Å². The molecule has 0 saturated carbocycles. The van der Waals surface area contributed by atoms with Crippen molar-refractivity contribution >= 4 is 15.9 Å². The first-order chi connectivity index (χ1) is 13.9. The summed E-state index contributed by atoms with van der Waals surface area (Å²) in [6, 6.07) is 6.76. The molecule has 1 aromatic carbocycles. The van der Waals surface area contributed by atoms with Crippen LogP contribution in [-0.4, -0.2) is 83.7 Å². The molecular formula is C20H30N2O6S. The zero-order valence-electron chi connectivity index (χ0n) is 17.1. The quantitative estimate of drug-likeness (QED) is 0.683. The van der Waals surface area contributed by atoms with Crippen LogP contribution >= 0.6 is 0 Å². The van der Waals surface area contributed by atoms with E-state index in [9.17, 15) is 13.2 Å². The number of fused-ring (bicyclic) bond motifs is 1. The molecule has 1 spiro atoms. The van der Waals surface area contributed by atoms with Gasteiger partial charge in [0, 0.05) is 45.8 Å².